The molecule has 7 nitrogen and oxygen atoms in total. The predicted octanol–water partition coefficient (Wildman–Crippen LogP) is 2.81. The van der Waals surface area contributed by atoms with E-state index in [0.29, 0.717) is 24.6 Å². The lowest BCUT2D eigenvalue weighted by molar-refractivity contribution is -0.132. The van der Waals surface area contributed by atoms with Crippen molar-refractivity contribution in [2.75, 3.05) is 26.8 Å². The van der Waals surface area contributed by atoms with Gasteiger partial charge in [0.25, 0.3) is 5.91 Å². The van der Waals surface area contributed by atoms with Crippen LogP contribution in [-0.4, -0.2) is 52.6 Å². The average molecular weight is 378 g/mol. The first-order chi connectivity index (χ1) is 13.7. The van der Waals surface area contributed by atoms with Gasteiger partial charge in [0.1, 0.15) is 5.69 Å². The van der Waals surface area contributed by atoms with Gasteiger partial charge in [0.2, 0.25) is 0 Å². The first-order valence-electron chi connectivity index (χ1n) is 9.25. The highest BCUT2D eigenvalue weighted by Crippen LogP contribution is 2.27. The number of amides is 1. The van der Waals surface area contributed by atoms with Crippen molar-refractivity contribution in [1.82, 2.24) is 19.9 Å². The number of hydrogen-bond donors (Lipinski definition) is 0. The van der Waals surface area contributed by atoms with Crippen molar-refractivity contribution < 1.29 is 14.3 Å². The van der Waals surface area contributed by atoms with E-state index in [2.05, 4.69) is 10.3 Å². The van der Waals surface area contributed by atoms with Crippen LogP contribution >= 0.6 is 0 Å². The molecule has 1 atom stereocenters. The fourth-order valence-electron chi connectivity index (χ4n) is 3.35. The van der Waals surface area contributed by atoms with Crippen LogP contribution in [0.4, 0.5) is 0 Å². The lowest BCUT2D eigenvalue weighted by Gasteiger charge is -2.17. The molecule has 1 aliphatic heterocycles. The summed E-state index contributed by atoms with van der Waals surface area (Å²) in [5, 5.41) is 8.53. The molecule has 0 radical (unpaired) electrons. The van der Waals surface area contributed by atoms with Gasteiger partial charge in [-0.1, -0.05) is 47.7 Å². The van der Waals surface area contributed by atoms with Gasteiger partial charge in [0, 0.05) is 18.7 Å². The first-order valence-corrected chi connectivity index (χ1v) is 9.25. The summed E-state index contributed by atoms with van der Waals surface area (Å²) in [6.45, 7) is 1.27. The Bertz CT molecular complexity index is 942. The maximum atomic E-state index is 12.5. The van der Waals surface area contributed by atoms with Crippen molar-refractivity contribution in [3.63, 3.8) is 0 Å². The highest BCUT2D eigenvalue weighted by Gasteiger charge is 2.28. The summed E-state index contributed by atoms with van der Waals surface area (Å²) in [4.78, 5) is 14.3. The lowest BCUT2D eigenvalue weighted by atomic mass is 10.2. The summed E-state index contributed by atoms with van der Waals surface area (Å²) >= 11 is 0. The number of aromatic nitrogens is 3. The van der Waals surface area contributed by atoms with E-state index < -0.39 is 0 Å². The van der Waals surface area contributed by atoms with E-state index in [0.717, 1.165) is 17.7 Å². The third-order valence-corrected chi connectivity index (χ3v) is 4.89. The summed E-state index contributed by atoms with van der Waals surface area (Å²) in [7, 11) is 1.58. The normalized spacial score (nSPS) is 16.2. The van der Waals surface area contributed by atoms with Gasteiger partial charge in [0.15, 0.2) is 18.1 Å². The Kier molecular flexibility index (Phi) is 5.23. The molecule has 28 heavy (non-hydrogen) atoms. The molecule has 0 N–H and O–H groups in total. The quantitative estimate of drug-likeness (QED) is 0.660. The van der Waals surface area contributed by atoms with E-state index in [1.165, 1.54) is 0 Å². The first kappa shape index (κ1) is 18.0. The standard InChI is InChI=1S/C21H22N4O3/c1-27-19-9-5-6-10-20(19)28-15-21(26)24-12-11-17(13-24)25-14-18(22-23-25)16-7-3-2-4-8-16/h2-10,14,17H,11-13,15H2,1H3. The van der Waals surface area contributed by atoms with Gasteiger partial charge in [-0.05, 0) is 18.6 Å². The zero-order chi connectivity index (χ0) is 19.3. The number of para-hydroxylation sites is 2. The smallest absolute Gasteiger partial charge is 0.260 e. The average Bonchev–Trinajstić information content (AvgIpc) is 3.42. The summed E-state index contributed by atoms with van der Waals surface area (Å²) in [6.07, 6.45) is 2.79. The molecule has 1 amide bonds. The van der Waals surface area contributed by atoms with Gasteiger partial charge in [-0.3, -0.25) is 4.79 Å². The molecule has 1 saturated heterocycles. The fourth-order valence-corrected chi connectivity index (χ4v) is 3.35. The Hall–Kier alpha value is -3.35. The van der Waals surface area contributed by atoms with Gasteiger partial charge in [-0.15, -0.1) is 5.10 Å². The largest absolute Gasteiger partial charge is 0.493 e. The van der Waals surface area contributed by atoms with Crippen molar-refractivity contribution in [3.8, 4) is 22.8 Å². The second-order valence-electron chi connectivity index (χ2n) is 6.67. The molecule has 144 valence electrons. The number of benzene rings is 2. The van der Waals surface area contributed by atoms with Gasteiger partial charge >= 0.3 is 0 Å². The maximum Gasteiger partial charge on any atom is 0.260 e. The van der Waals surface area contributed by atoms with Crippen LogP contribution in [0.2, 0.25) is 0 Å². The fraction of sp³-hybridized carbons (Fsp3) is 0.286. The van der Waals surface area contributed by atoms with Crippen molar-refractivity contribution in [3.05, 3.63) is 60.8 Å². The van der Waals surface area contributed by atoms with Crippen LogP contribution in [0.25, 0.3) is 11.3 Å². The highest BCUT2D eigenvalue weighted by molar-refractivity contribution is 5.78. The van der Waals surface area contributed by atoms with Crippen molar-refractivity contribution in [2.24, 2.45) is 0 Å². The Morgan fingerprint density at radius 2 is 1.86 bits per heavy atom. The molecule has 0 saturated carbocycles. The van der Waals surface area contributed by atoms with E-state index >= 15 is 0 Å². The monoisotopic (exact) mass is 378 g/mol. The minimum absolute atomic E-state index is 0.0142. The Balaban J connectivity index is 1.35. The minimum atomic E-state index is -0.0446. The molecule has 4 rings (SSSR count). The molecule has 1 unspecified atom stereocenters. The molecular formula is C21H22N4O3. The molecular weight excluding hydrogens is 356 g/mol. The molecule has 0 aliphatic carbocycles. The zero-order valence-corrected chi connectivity index (χ0v) is 15.7. The summed E-state index contributed by atoms with van der Waals surface area (Å²) in [6, 6.07) is 17.4. The predicted molar refractivity (Wildman–Crippen MR) is 104 cm³/mol. The van der Waals surface area contributed by atoms with Crippen LogP contribution in [0.5, 0.6) is 11.5 Å². The molecule has 1 aliphatic rings. The number of nitrogens with zero attached hydrogens (tertiary/aromatic N) is 4. The number of methoxy groups -OCH3 is 1. The Morgan fingerprint density at radius 1 is 1.11 bits per heavy atom. The number of carbonyl (C=O) groups excluding carboxylic acids is 1. The van der Waals surface area contributed by atoms with Crippen LogP contribution in [0.1, 0.15) is 12.5 Å². The number of ether oxygens (including phenoxy) is 2. The van der Waals surface area contributed by atoms with E-state index in [4.69, 9.17) is 9.47 Å². The van der Waals surface area contributed by atoms with Gasteiger partial charge in [-0.2, -0.15) is 0 Å². The summed E-state index contributed by atoms with van der Waals surface area (Å²) < 4.78 is 12.8. The molecule has 2 heterocycles. The topological polar surface area (TPSA) is 69.5 Å². The lowest BCUT2D eigenvalue weighted by Crippen LogP contribution is -2.33. The Labute approximate surface area is 163 Å². The number of rotatable bonds is 6. The van der Waals surface area contributed by atoms with E-state index in [-0.39, 0.29) is 18.6 Å². The number of likely N-dealkylation sites (tertiary alicyclic amines) is 1. The van der Waals surface area contributed by atoms with Crippen molar-refractivity contribution in [2.45, 2.75) is 12.5 Å². The molecule has 7 heteroatoms. The molecule has 1 fully saturated rings. The third kappa shape index (κ3) is 3.83. The minimum Gasteiger partial charge on any atom is -0.493 e. The Morgan fingerprint density at radius 3 is 2.64 bits per heavy atom. The second-order valence-corrected chi connectivity index (χ2v) is 6.67. The van der Waals surface area contributed by atoms with E-state index in [9.17, 15) is 4.79 Å². The van der Waals surface area contributed by atoms with Crippen LogP contribution in [0.15, 0.2) is 60.8 Å². The van der Waals surface area contributed by atoms with Crippen molar-refractivity contribution in [1.29, 1.82) is 0 Å². The summed E-state index contributed by atoms with van der Waals surface area (Å²) in [5.41, 5.74) is 1.87. The SMILES string of the molecule is COc1ccccc1OCC(=O)N1CCC(n2cc(-c3ccccc3)nn2)C1. The molecule has 2 aromatic carbocycles. The van der Waals surface area contributed by atoms with Crippen LogP contribution in [0.3, 0.4) is 0 Å². The van der Waals surface area contributed by atoms with Gasteiger partial charge in [0.05, 0.1) is 19.3 Å². The molecule has 1 aromatic heterocycles. The van der Waals surface area contributed by atoms with Crippen LogP contribution < -0.4 is 9.47 Å². The van der Waals surface area contributed by atoms with Gasteiger partial charge in [-0.25, -0.2) is 4.68 Å². The maximum absolute atomic E-state index is 12.5. The van der Waals surface area contributed by atoms with E-state index in [1.54, 1.807) is 19.2 Å². The summed E-state index contributed by atoms with van der Waals surface area (Å²) in [5.74, 6) is 1.14. The second kappa shape index (κ2) is 8.12. The van der Waals surface area contributed by atoms with E-state index in [1.807, 2.05) is 58.2 Å². The number of carbonyl (C=O) groups is 1. The van der Waals surface area contributed by atoms with Crippen molar-refractivity contribution >= 4 is 5.91 Å². The van der Waals surface area contributed by atoms with Gasteiger partial charge < -0.3 is 14.4 Å². The van der Waals surface area contributed by atoms with Crippen LogP contribution in [-0.2, 0) is 4.79 Å². The molecule has 3 aromatic rings. The number of hydrogen-bond acceptors (Lipinski definition) is 5. The molecule has 0 bridgehead atoms. The zero-order valence-electron chi connectivity index (χ0n) is 15.7. The third-order valence-electron chi connectivity index (χ3n) is 4.89. The molecule has 0 spiro atoms. The van der Waals surface area contributed by atoms with Crippen LogP contribution in [0, 0.1) is 0 Å². The highest BCUT2D eigenvalue weighted by atomic mass is 16.5.